The van der Waals surface area contributed by atoms with Gasteiger partial charge in [-0.2, -0.15) is 0 Å². The number of furan rings is 1. The van der Waals surface area contributed by atoms with Crippen LogP contribution in [0.4, 0.5) is 0 Å². The number of hydrogen-bond acceptors (Lipinski definition) is 2. The molecule has 0 fully saturated rings. The Bertz CT molecular complexity index is 2580. The highest BCUT2D eigenvalue weighted by Gasteiger charge is 2.23. The first-order valence-electron chi connectivity index (χ1n) is 15.0. The fourth-order valence-electron chi connectivity index (χ4n) is 7.43. The van der Waals surface area contributed by atoms with Gasteiger partial charge in [-0.1, -0.05) is 115 Å². The zero-order valence-corrected chi connectivity index (χ0v) is 23.7. The van der Waals surface area contributed by atoms with Gasteiger partial charge in [-0.25, -0.2) is 0 Å². The minimum atomic E-state index is 0.889. The molecule has 0 radical (unpaired) electrons. The van der Waals surface area contributed by atoms with Gasteiger partial charge in [-0.3, -0.25) is 0 Å². The number of ether oxygens (including phenoxy) is 1. The summed E-state index contributed by atoms with van der Waals surface area (Å²) in [6.07, 6.45) is 0. The SMILES string of the molecule is c1cc2c3c(cccc3c1)-c1ccc(-c3c4ccccc4c(-c4cccc5oc6ccccc6c45)c4ccccc34)cc1O2. The van der Waals surface area contributed by atoms with Gasteiger partial charge in [0, 0.05) is 21.7 Å². The topological polar surface area (TPSA) is 22.4 Å². The number of benzene rings is 8. The smallest absolute Gasteiger partial charge is 0.136 e. The largest absolute Gasteiger partial charge is 0.456 e. The summed E-state index contributed by atoms with van der Waals surface area (Å²) in [5.41, 5.74) is 8.93. The highest BCUT2D eigenvalue weighted by atomic mass is 16.5. The number of fused-ring (bicyclic) bond motifs is 7. The van der Waals surface area contributed by atoms with E-state index in [0.717, 1.165) is 44.6 Å². The average Bonchev–Trinajstić information content (AvgIpc) is 3.46. The second kappa shape index (κ2) is 8.82. The first-order valence-corrected chi connectivity index (χ1v) is 15.0. The molecule has 0 aliphatic carbocycles. The fraction of sp³-hybridized carbons (Fsp3) is 0. The van der Waals surface area contributed by atoms with Crippen molar-refractivity contribution in [2.24, 2.45) is 0 Å². The quantitative estimate of drug-likeness (QED) is 0.196. The fourth-order valence-corrected chi connectivity index (χ4v) is 7.43. The molecule has 0 atom stereocenters. The number of hydrogen-bond donors (Lipinski definition) is 0. The van der Waals surface area contributed by atoms with Gasteiger partial charge in [0.2, 0.25) is 0 Å². The zero-order valence-electron chi connectivity index (χ0n) is 23.7. The Kier molecular flexibility index (Phi) is 4.75. The van der Waals surface area contributed by atoms with Crippen LogP contribution in [-0.2, 0) is 0 Å². The molecule has 0 spiro atoms. The molecule has 0 saturated carbocycles. The van der Waals surface area contributed by atoms with Crippen LogP contribution in [0.15, 0.2) is 150 Å². The summed E-state index contributed by atoms with van der Waals surface area (Å²) in [5, 5.41) is 9.52. The molecular weight excluding hydrogens is 536 g/mol. The van der Waals surface area contributed by atoms with Crippen LogP contribution in [0, 0.1) is 0 Å². The lowest BCUT2D eigenvalue weighted by atomic mass is 9.84. The molecule has 2 heteroatoms. The number of para-hydroxylation sites is 1. The Labute approximate surface area is 253 Å². The van der Waals surface area contributed by atoms with Gasteiger partial charge in [0.1, 0.15) is 22.7 Å². The molecule has 1 aliphatic rings. The molecule has 2 heterocycles. The third-order valence-corrected chi connectivity index (χ3v) is 9.25. The Morgan fingerprint density at radius 3 is 1.75 bits per heavy atom. The van der Waals surface area contributed by atoms with E-state index in [-0.39, 0.29) is 0 Å². The molecule has 44 heavy (non-hydrogen) atoms. The standard InChI is InChI=1S/C42H24O2/c1-3-14-31-29(12-1)39(26-22-23-27-28-17-7-10-25-11-8-20-36(40(25)28)44-38(27)24-26)30-13-2-4-15-32(30)41(31)34-18-9-21-37-42(34)33-16-5-6-19-35(33)43-37/h1-24H. The molecule has 0 saturated heterocycles. The lowest BCUT2D eigenvalue weighted by molar-refractivity contribution is 0.487. The summed E-state index contributed by atoms with van der Waals surface area (Å²) < 4.78 is 12.9. The minimum absolute atomic E-state index is 0.889. The lowest BCUT2D eigenvalue weighted by Crippen LogP contribution is -1.98. The molecule has 1 aliphatic heterocycles. The van der Waals surface area contributed by atoms with Crippen LogP contribution in [0.3, 0.4) is 0 Å². The van der Waals surface area contributed by atoms with Crippen molar-refractivity contribution < 1.29 is 9.15 Å². The predicted molar refractivity (Wildman–Crippen MR) is 183 cm³/mol. The third-order valence-electron chi connectivity index (χ3n) is 9.25. The highest BCUT2D eigenvalue weighted by Crippen LogP contribution is 2.50. The highest BCUT2D eigenvalue weighted by molar-refractivity contribution is 6.25. The Morgan fingerprint density at radius 2 is 0.977 bits per heavy atom. The van der Waals surface area contributed by atoms with Gasteiger partial charge in [0.15, 0.2) is 0 Å². The Balaban J connectivity index is 1.28. The summed E-state index contributed by atoms with van der Waals surface area (Å²) >= 11 is 0. The summed E-state index contributed by atoms with van der Waals surface area (Å²) in [5.74, 6) is 1.80. The maximum atomic E-state index is 6.60. The van der Waals surface area contributed by atoms with E-state index in [1.54, 1.807) is 0 Å². The van der Waals surface area contributed by atoms with Crippen LogP contribution in [0.1, 0.15) is 0 Å². The van der Waals surface area contributed by atoms with E-state index >= 15 is 0 Å². The molecule has 8 aromatic carbocycles. The molecule has 10 rings (SSSR count). The van der Waals surface area contributed by atoms with Crippen LogP contribution in [-0.4, -0.2) is 0 Å². The van der Waals surface area contributed by atoms with Crippen LogP contribution in [0.25, 0.3) is 87.6 Å². The second-order valence-electron chi connectivity index (χ2n) is 11.6. The minimum Gasteiger partial charge on any atom is -0.456 e. The molecular formula is C42H24O2. The van der Waals surface area contributed by atoms with Crippen LogP contribution >= 0.6 is 0 Å². The van der Waals surface area contributed by atoms with Crippen molar-refractivity contribution >= 4 is 54.3 Å². The molecule has 0 N–H and O–H groups in total. The first-order chi connectivity index (χ1) is 21.8. The average molecular weight is 561 g/mol. The van der Waals surface area contributed by atoms with Crippen molar-refractivity contribution in [3.63, 3.8) is 0 Å². The van der Waals surface area contributed by atoms with Gasteiger partial charge in [0.25, 0.3) is 0 Å². The van der Waals surface area contributed by atoms with Gasteiger partial charge in [0.05, 0.1) is 0 Å². The first kappa shape index (κ1) is 23.7. The molecule has 9 aromatic rings. The van der Waals surface area contributed by atoms with Crippen molar-refractivity contribution in [3.05, 3.63) is 146 Å². The summed E-state index contributed by atoms with van der Waals surface area (Å²) in [7, 11) is 0. The summed E-state index contributed by atoms with van der Waals surface area (Å²) in [4.78, 5) is 0. The van der Waals surface area contributed by atoms with Crippen molar-refractivity contribution in [1.82, 2.24) is 0 Å². The monoisotopic (exact) mass is 560 g/mol. The summed E-state index contributed by atoms with van der Waals surface area (Å²) in [6, 6.07) is 51.8. The maximum absolute atomic E-state index is 6.60. The zero-order chi connectivity index (χ0) is 28.8. The van der Waals surface area contributed by atoms with Gasteiger partial charge >= 0.3 is 0 Å². The molecule has 204 valence electrons. The molecule has 0 amide bonds. The predicted octanol–water partition coefficient (Wildman–Crippen LogP) is 12.2. The second-order valence-corrected chi connectivity index (χ2v) is 11.6. The molecule has 0 unspecified atom stereocenters. The van der Waals surface area contributed by atoms with E-state index in [4.69, 9.17) is 9.15 Å². The third kappa shape index (κ3) is 3.20. The van der Waals surface area contributed by atoms with Gasteiger partial charge < -0.3 is 9.15 Å². The van der Waals surface area contributed by atoms with Crippen molar-refractivity contribution in [2.45, 2.75) is 0 Å². The van der Waals surface area contributed by atoms with Crippen LogP contribution in [0.5, 0.6) is 11.5 Å². The maximum Gasteiger partial charge on any atom is 0.136 e. The molecule has 2 nitrogen and oxygen atoms in total. The normalized spacial score (nSPS) is 12.3. The number of rotatable bonds is 2. The van der Waals surface area contributed by atoms with Crippen molar-refractivity contribution in [3.8, 4) is 44.9 Å². The van der Waals surface area contributed by atoms with E-state index in [0.29, 0.717) is 0 Å². The van der Waals surface area contributed by atoms with E-state index < -0.39 is 0 Å². The Morgan fingerprint density at radius 1 is 0.364 bits per heavy atom. The van der Waals surface area contributed by atoms with Crippen molar-refractivity contribution in [1.29, 1.82) is 0 Å². The van der Waals surface area contributed by atoms with Crippen LogP contribution < -0.4 is 4.74 Å². The van der Waals surface area contributed by atoms with Crippen molar-refractivity contribution in [2.75, 3.05) is 0 Å². The van der Waals surface area contributed by atoms with Crippen LogP contribution in [0.2, 0.25) is 0 Å². The van der Waals surface area contributed by atoms with E-state index in [2.05, 4.69) is 140 Å². The Hall–Kier alpha value is -5.86. The van der Waals surface area contributed by atoms with E-state index in [1.807, 2.05) is 6.07 Å². The van der Waals surface area contributed by atoms with E-state index in [9.17, 15) is 0 Å². The van der Waals surface area contributed by atoms with Gasteiger partial charge in [-0.05, 0) is 85.1 Å². The van der Waals surface area contributed by atoms with Gasteiger partial charge in [-0.15, -0.1) is 0 Å². The molecule has 0 bridgehead atoms. The lowest BCUT2D eigenvalue weighted by Gasteiger charge is -2.23. The molecule has 1 aromatic heterocycles. The van der Waals surface area contributed by atoms with E-state index in [1.165, 1.54) is 54.6 Å². The summed E-state index contributed by atoms with van der Waals surface area (Å²) in [6.45, 7) is 0.